The number of hydrogen-bond donors (Lipinski definition) is 4. The Bertz CT molecular complexity index is 833. The lowest BCUT2D eigenvalue weighted by Gasteiger charge is -2.26. The van der Waals surface area contributed by atoms with E-state index in [0.717, 1.165) is 50.5 Å². The van der Waals surface area contributed by atoms with Crippen molar-refractivity contribution >= 4 is 5.97 Å². The zero-order valence-electron chi connectivity index (χ0n) is 28.5. The van der Waals surface area contributed by atoms with E-state index in [1.807, 2.05) is 13.0 Å². The van der Waals surface area contributed by atoms with Gasteiger partial charge in [-0.15, -0.1) is 0 Å². The minimum atomic E-state index is -0.916. The monoisotopic (exact) mass is 638 g/mol. The van der Waals surface area contributed by atoms with Crippen LogP contribution in [0.15, 0.2) is 11.6 Å². The lowest BCUT2D eigenvalue weighted by atomic mass is 9.98. The lowest BCUT2D eigenvalue weighted by molar-refractivity contribution is -0.139. The molecule has 45 heavy (non-hydrogen) atoms. The number of rotatable bonds is 25. The minimum Gasteiger partial charge on any atom is -0.455 e. The summed E-state index contributed by atoms with van der Waals surface area (Å²) in [6, 6.07) is 0. The molecule has 0 amide bonds. The smallest absolute Gasteiger partial charge is 0.334 e. The summed E-state index contributed by atoms with van der Waals surface area (Å²) in [5, 5.41) is 42.0. The van der Waals surface area contributed by atoms with Crippen LogP contribution in [0, 0.1) is 0 Å². The van der Waals surface area contributed by atoms with Gasteiger partial charge in [0.2, 0.25) is 0 Å². The third kappa shape index (κ3) is 14.3. The van der Waals surface area contributed by atoms with Crippen molar-refractivity contribution in [2.45, 2.75) is 216 Å². The normalized spacial score (nSPS) is 27.8. The van der Waals surface area contributed by atoms with Crippen molar-refractivity contribution in [3.63, 3.8) is 0 Å². The third-order valence-corrected chi connectivity index (χ3v) is 10.2. The van der Waals surface area contributed by atoms with Crippen LogP contribution in [-0.4, -0.2) is 81.3 Å². The molecule has 0 bridgehead atoms. The Morgan fingerprint density at radius 2 is 1.22 bits per heavy atom. The molecule has 262 valence electrons. The number of cyclic esters (lactones) is 1. The molecule has 3 aliphatic rings. The van der Waals surface area contributed by atoms with Gasteiger partial charge < -0.3 is 34.6 Å². The van der Waals surface area contributed by atoms with Gasteiger partial charge in [0.25, 0.3) is 0 Å². The quantitative estimate of drug-likeness (QED) is 0.0634. The molecule has 0 spiro atoms. The lowest BCUT2D eigenvalue weighted by Crippen LogP contribution is -2.39. The van der Waals surface area contributed by atoms with Gasteiger partial charge in [0.1, 0.15) is 12.2 Å². The second-order valence-corrected chi connectivity index (χ2v) is 14.2. The Kier molecular flexibility index (Phi) is 18.6. The number of carbonyl (C=O) groups is 1. The van der Waals surface area contributed by atoms with Crippen molar-refractivity contribution < 1.29 is 39.4 Å². The predicted octanol–water partition coefficient (Wildman–Crippen LogP) is 6.83. The molecular weight excluding hydrogens is 572 g/mol. The van der Waals surface area contributed by atoms with E-state index in [1.54, 1.807) is 0 Å². The summed E-state index contributed by atoms with van der Waals surface area (Å²) < 4.78 is 17.2. The third-order valence-electron chi connectivity index (χ3n) is 10.2. The largest absolute Gasteiger partial charge is 0.455 e. The molecule has 8 heteroatoms. The van der Waals surface area contributed by atoms with E-state index in [4.69, 9.17) is 14.2 Å². The first-order valence-electron chi connectivity index (χ1n) is 18.7. The molecule has 0 aliphatic carbocycles. The summed E-state index contributed by atoms with van der Waals surface area (Å²) in [5.74, 6) is -0.119. The van der Waals surface area contributed by atoms with Crippen molar-refractivity contribution in [3.8, 4) is 0 Å². The highest BCUT2D eigenvalue weighted by Gasteiger charge is 2.38. The van der Waals surface area contributed by atoms with Gasteiger partial charge >= 0.3 is 5.97 Å². The maximum atomic E-state index is 11.6. The summed E-state index contributed by atoms with van der Waals surface area (Å²) in [6.07, 6.45) is 21.8. The van der Waals surface area contributed by atoms with Crippen molar-refractivity contribution in [1.29, 1.82) is 0 Å². The van der Waals surface area contributed by atoms with Gasteiger partial charge in [-0.3, -0.25) is 0 Å². The first-order valence-corrected chi connectivity index (χ1v) is 18.7. The van der Waals surface area contributed by atoms with Gasteiger partial charge in [0.15, 0.2) is 0 Å². The first-order chi connectivity index (χ1) is 21.8. The van der Waals surface area contributed by atoms with Crippen molar-refractivity contribution in [2.24, 2.45) is 0 Å². The molecule has 0 radical (unpaired) electrons. The SMILES string of the molecule is CCCCC(O)C(O)C1CCC(C(O)CCC(O)C2CCC(CCCCCCCCCCCCCCC3=CC(C)OC3=O)O2)O1. The molecule has 3 aliphatic heterocycles. The van der Waals surface area contributed by atoms with Gasteiger partial charge in [-0.05, 0) is 77.2 Å². The van der Waals surface area contributed by atoms with Crippen LogP contribution in [0.1, 0.15) is 162 Å². The topological polar surface area (TPSA) is 126 Å². The van der Waals surface area contributed by atoms with E-state index in [0.29, 0.717) is 32.1 Å². The van der Waals surface area contributed by atoms with Crippen LogP contribution in [0.3, 0.4) is 0 Å². The summed E-state index contributed by atoms with van der Waals surface area (Å²) >= 11 is 0. The Morgan fingerprint density at radius 3 is 1.80 bits per heavy atom. The van der Waals surface area contributed by atoms with Crippen molar-refractivity contribution in [3.05, 3.63) is 11.6 Å². The molecule has 0 aromatic carbocycles. The standard InChI is InChI=1S/C37H66O8/c1-3-4-19-32(40)36(41)35-25-24-34(45-35)31(39)22-21-30(38)33-23-20-29(44-33)18-16-14-12-10-8-6-5-7-9-11-13-15-17-28-26-27(2)43-37(28)42/h26-27,29-36,38-41H,3-25H2,1-2H3. The van der Waals surface area contributed by atoms with E-state index < -0.39 is 30.5 Å². The van der Waals surface area contributed by atoms with Gasteiger partial charge in [-0.25, -0.2) is 4.79 Å². The molecule has 8 nitrogen and oxygen atoms in total. The summed E-state index contributed by atoms with van der Waals surface area (Å²) in [7, 11) is 0. The molecule has 2 saturated heterocycles. The van der Waals surface area contributed by atoms with Gasteiger partial charge in [0.05, 0.1) is 42.7 Å². The number of aliphatic hydroxyl groups is 4. The highest BCUT2D eigenvalue weighted by Crippen LogP contribution is 2.31. The van der Waals surface area contributed by atoms with E-state index in [2.05, 4.69) is 6.92 Å². The number of unbranched alkanes of at least 4 members (excludes halogenated alkanes) is 12. The van der Waals surface area contributed by atoms with E-state index in [1.165, 1.54) is 70.6 Å². The Labute approximate surface area is 273 Å². The number of ether oxygens (including phenoxy) is 3. The van der Waals surface area contributed by atoms with Gasteiger partial charge in [0, 0.05) is 5.57 Å². The fraction of sp³-hybridized carbons (Fsp3) is 0.919. The molecule has 9 unspecified atom stereocenters. The molecule has 0 aromatic rings. The molecule has 9 atom stereocenters. The molecule has 0 aromatic heterocycles. The van der Waals surface area contributed by atoms with E-state index in [-0.39, 0.29) is 30.4 Å². The number of carbonyl (C=O) groups excluding carboxylic acids is 1. The zero-order valence-corrected chi connectivity index (χ0v) is 28.5. The Hall–Kier alpha value is -1.03. The molecule has 4 N–H and O–H groups in total. The maximum Gasteiger partial charge on any atom is 0.334 e. The molecule has 3 heterocycles. The van der Waals surface area contributed by atoms with Crippen LogP contribution in [0.2, 0.25) is 0 Å². The second-order valence-electron chi connectivity index (χ2n) is 14.2. The van der Waals surface area contributed by atoms with Gasteiger partial charge in [-0.1, -0.05) is 90.4 Å². The van der Waals surface area contributed by atoms with E-state index >= 15 is 0 Å². The maximum absolute atomic E-state index is 11.6. The predicted molar refractivity (Wildman–Crippen MR) is 177 cm³/mol. The van der Waals surface area contributed by atoms with Crippen molar-refractivity contribution in [1.82, 2.24) is 0 Å². The molecule has 0 saturated carbocycles. The van der Waals surface area contributed by atoms with E-state index in [9.17, 15) is 25.2 Å². The van der Waals surface area contributed by atoms with Crippen LogP contribution in [0.5, 0.6) is 0 Å². The number of aliphatic hydroxyl groups excluding tert-OH is 4. The highest BCUT2D eigenvalue weighted by molar-refractivity contribution is 5.90. The average molecular weight is 639 g/mol. The first kappa shape index (κ1) is 38.4. The zero-order chi connectivity index (χ0) is 32.4. The minimum absolute atomic E-state index is 0.0479. The van der Waals surface area contributed by atoms with Crippen LogP contribution in [0.4, 0.5) is 0 Å². The highest BCUT2D eigenvalue weighted by atomic mass is 16.5. The number of hydrogen-bond acceptors (Lipinski definition) is 8. The Morgan fingerprint density at radius 1 is 0.689 bits per heavy atom. The van der Waals surface area contributed by atoms with Gasteiger partial charge in [-0.2, -0.15) is 0 Å². The average Bonchev–Trinajstić information content (AvgIpc) is 3.78. The fourth-order valence-corrected chi connectivity index (χ4v) is 7.27. The van der Waals surface area contributed by atoms with Crippen LogP contribution >= 0.6 is 0 Å². The molecular formula is C37H66O8. The molecule has 2 fully saturated rings. The number of esters is 1. The second kappa shape index (κ2) is 21.8. The summed E-state index contributed by atoms with van der Waals surface area (Å²) in [6.45, 7) is 3.97. The Balaban J connectivity index is 1.11. The van der Waals surface area contributed by atoms with Crippen LogP contribution < -0.4 is 0 Å². The summed E-state index contributed by atoms with van der Waals surface area (Å²) in [4.78, 5) is 11.6. The van der Waals surface area contributed by atoms with Crippen LogP contribution in [0.25, 0.3) is 0 Å². The fourth-order valence-electron chi connectivity index (χ4n) is 7.27. The van der Waals surface area contributed by atoms with Crippen LogP contribution in [-0.2, 0) is 19.0 Å². The molecule has 3 rings (SSSR count). The van der Waals surface area contributed by atoms with Crippen molar-refractivity contribution in [2.75, 3.05) is 0 Å². The summed E-state index contributed by atoms with van der Waals surface area (Å²) in [5.41, 5.74) is 0.869.